The van der Waals surface area contributed by atoms with Crippen molar-refractivity contribution in [2.75, 3.05) is 0 Å². The Morgan fingerprint density at radius 2 is 1.74 bits per heavy atom. The van der Waals surface area contributed by atoms with E-state index in [9.17, 15) is 9.18 Å². The smallest absolute Gasteiger partial charge is 0.309 e. The van der Waals surface area contributed by atoms with Gasteiger partial charge in [-0.25, -0.2) is 4.39 Å². The molecule has 0 bridgehead atoms. The molecule has 0 radical (unpaired) electrons. The van der Waals surface area contributed by atoms with Crippen LogP contribution in [0.25, 0.3) is 0 Å². The van der Waals surface area contributed by atoms with E-state index in [0.29, 0.717) is 0 Å². The molecule has 23 heavy (non-hydrogen) atoms. The SMILES string of the molecule is C[C@@H]1C(=O)O[C@@H]2[C@H]3OC(C)(C)O[C@H]3O[C@@H]2[C@H]1c1ccc(F)cc1. The lowest BCUT2D eigenvalue weighted by molar-refractivity contribution is -0.230. The lowest BCUT2D eigenvalue weighted by Crippen LogP contribution is -2.49. The predicted octanol–water partition coefficient (Wildman–Crippen LogP) is 2.35. The van der Waals surface area contributed by atoms with Crippen molar-refractivity contribution in [2.24, 2.45) is 5.92 Å². The average molecular weight is 322 g/mol. The molecule has 3 heterocycles. The largest absolute Gasteiger partial charge is 0.456 e. The van der Waals surface area contributed by atoms with Crippen LogP contribution in [0.1, 0.15) is 32.3 Å². The molecule has 3 aliphatic heterocycles. The van der Waals surface area contributed by atoms with Crippen LogP contribution in [0.5, 0.6) is 0 Å². The molecule has 3 aliphatic rings. The van der Waals surface area contributed by atoms with Crippen molar-refractivity contribution in [1.82, 2.24) is 0 Å². The number of fused-ring (bicyclic) bond motifs is 3. The van der Waals surface area contributed by atoms with Crippen molar-refractivity contribution in [1.29, 1.82) is 0 Å². The highest BCUT2D eigenvalue weighted by Gasteiger charge is 2.61. The first-order valence-electron chi connectivity index (χ1n) is 7.83. The van der Waals surface area contributed by atoms with Gasteiger partial charge in [0.2, 0.25) is 0 Å². The molecule has 5 nitrogen and oxygen atoms in total. The molecule has 0 amide bonds. The van der Waals surface area contributed by atoms with Gasteiger partial charge in [-0.3, -0.25) is 4.79 Å². The third kappa shape index (κ3) is 2.36. The number of hydrogen-bond donors (Lipinski definition) is 0. The molecule has 3 saturated heterocycles. The number of benzene rings is 1. The fourth-order valence-electron chi connectivity index (χ4n) is 3.76. The van der Waals surface area contributed by atoms with Gasteiger partial charge in [0.15, 0.2) is 24.3 Å². The van der Waals surface area contributed by atoms with Crippen LogP contribution in [0, 0.1) is 11.7 Å². The minimum Gasteiger partial charge on any atom is -0.456 e. The lowest BCUT2D eigenvalue weighted by Gasteiger charge is -2.38. The topological polar surface area (TPSA) is 54.0 Å². The highest BCUT2D eigenvalue weighted by molar-refractivity contribution is 5.75. The highest BCUT2D eigenvalue weighted by atomic mass is 19.1. The third-order valence-corrected chi connectivity index (χ3v) is 4.80. The van der Waals surface area contributed by atoms with Gasteiger partial charge in [-0.15, -0.1) is 0 Å². The van der Waals surface area contributed by atoms with Gasteiger partial charge < -0.3 is 18.9 Å². The van der Waals surface area contributed by atoms with Crippen molar-refractivity contribution in [3.63, 3.8) is 0 Å². The summed E-state index contributed by atoms with van der Waals surface area (Å²) in [7, 11) is 0. The van der Waals surface area contributed by atoms with E-state index in [1.165, 1.54) is 12.1 Å². The van der Waals surface area contributed by atoms with Gasteiger partial charge in [0.25, 0.3) is 0 Å². The quantitative estimate of drug-likeness (QED) is 0.743. The number of halogens is 1. The number of ether oxygens (including phenoxy) is 4. The van der Waals surface area contributed by atoms with Gasteiger partial charge in [-0.2, -0.15) is 0 Å². The second-order valence-corrected chi connectivity index (χ2v) is 6.84. The van der Waals surface area contributed by atoms with Crippen molar-refractivity contribution < 1.29 is 28.1 Å². The maximum absolute atomic E-state index is 13.2. The molecule has 1 aromatic rings. The third-order valence-electron chi connectivity index (χ3n) is 4.80. The highest BCUT2D eigenvalue weighted by Crippen LogP contribution is 2.47. The Morgan fingerprint density at radius 1 is 1.04 bits per heavy atom. The summed E-state index contributed by atoms with van der Waals surface area (Å²) in [4.78, 5) is 12.3. The molecule has 1 aromatic carbocycles. The molecule has 0 aliphatic carbocycles. The normalized spacial score (nSPS) is 41.3. The summed E-state index contributed by atoms with van der Waals surface area (Å²) in [6, 6.07) is 6.16. The van der Waals surface area contributed by atoms with Crippen molar-refractivity contribution in [3.8, 4) is 0 Å². The minimum absolute atomic E-state index is 0.220. The van der Waals surface area contributed by atoms with E-state index in [0.717, 1.165) is 5.56 Å². The van der Waals surface area contributed by atoms with Gasteiger partial charge in [0, 0.05) is 5.92 Å². The molecule has 0 unspecified atom stereocenters. The van der Waals surface area contributed by atoms with E-state index < -0.39 is 24.3 Å². The number of carbonyl (C=O) groups excluding carboxylic acids is 1. The first-order valence-corrected chi connectivity index (χ1v) is 7.83. The summed E-state index contributed by atoms with van der Waals surface area (Å²) < 4.78 is 36.4. The standard InChI is InChI=1S/C17H19FO5/c1-8-11(9-4-6-10(18)7-5-9)12-13(20-15(8)19)14-16(21-12)23-17(2,3)22-14/h4-8,11-14,16H,1-3H3/t8-,11+,12+,13-,14+,16+/m0/s1. The molecule has 0 aromatic heterocycles. The monoisotopic (exact) mass is 322 g/mol. The summed E-state index contributed by atoms with van der Waals surface area (Å²) in [5.41, 5.74) is 0.852. The lowest BCUT2D eigenvalue weighted by atomic mass is 9.78. The van der Waals surface area contributed by atoms with E-state index in [2.05, 4.69) is 0 Å². The van der Waals surface area contributed by atoms with E-state index in [-0.39, 0.29) is 29.7 Å². The number of hydrogen-bond acceptors (Lipinski definition) is 5. The molecule has 6 atom stereocenters. The van der Waals surface area contributed by atoms with Crippen molar-refractivity contribution in [2.45, 2.75) is 57.1 Å². The summed E-state index contributed by atoms with van der Waals surface area (Å²) >= 11 is 0. The van der Waals surface area contributed by atoms with Crippen molar-refractivity contribution in [3.05, 3.63) is 35.6 Å². The number of rotatable bonds is 1. The molecule has 3 fully saturated rings. The molecular weight excluding hydrogens is 303 g/mol. The van der Waals surface area contributed by atoms with Crippen LogP contribution in [-0.2, 0) is 23.7 Å². The van der Waals surface area contributed by atoms with E-state index in [4.69, 9.17) is 18.9 Å². The number of carbonyl (C=O) groups is 1. The van der Waals surface area contributed by atoms with Crippen LogP contribution in [0.15, 0.2) is 24.3 Å². The Labute approximate surface area is 133 Å². The summed E-state index contributed by atoms with van der Waals surface area (Å²) in [5.74, 6) is -1.97. The second kappa shape index (κ2) is 5.00. The Hall–Kier alpha value is -1.50. The molecule has 124 valence electrons. The first kappa shape index (κ1) is 15.1. The van der Waals surface area contributed by atoms with Crippen LogP contribution >= 0.6 is 0 Å². The average Bonchev–Trinajstić information content (AvgIpc) is 2.94. The zero-order chi connectivity index (χ0) is 16.4. The van der Waals surface area contributed by atoms with Gasteiger partial charge in [-0.05, 0) is 31.5 Å². The Morgan fingerprint density at radius 3 is 2.43 bits per heavy atom. The van der Waals surface area contributed by atoms with E-state index in [1.54, 1.807) is 32.9 Å². The van der Waals surface area contributed by atoms with Crippen molar-refractivity contribution >= 4 is 5.97 Å². The maximum atomic E-state index is 13.2. The molecule has 0 saturated carbocycles. The maximum Gasteiger partial charge on any atom is 0.309 e. The van der Waals surface area contributed by atoms with Crippen LogP contribution in [0.4, 0.5) is 4.39 Å². The fraction of sp³-hybridized carbons (Fsp3) is 0.588. The Bertz CT molecular complexity index is 628. The van der Waals surface area contributed by atoms with E-state index >= 15 is 0 Å². The van der Waals surface area contributed by atoms with Gasteiger partial charge in [-0.1, -0.05) is 19.1 Å². The zero-order valence-electron chi connectivity index (χ0n) is 13.2. The Kier molecular flexibility index (Phi) is 3.27. The first-order chi connectivity index (χ1) is 10.9. The Balaban J connectivity index is 1.67. The molecule has 6 heteroatoms. The minimum atomic E-state index is -0.763. The summed E-state index contributed by atoms with van der Waals surface area (Å²) in [6.45, 7) is 5.40. The number of esters is 1. The van der Waals surface area contributed by atoms with Crippen LogP contribution in [0.2, 0.25) is 0 Å². The molecular formula is C17H19FO5. The van der Waals surface area contributed by atoms with Crippen LogP contribution in [-0.4, -0.2) is 36.4 Å². The van der Waals surface area contributed by atoms with Gasteiger partial charge in [0.1, 0.15) is 11.9 Å². The van der Waals surface area contributed by atoms with Crippen LogP contribution in [0.3, 0.4) is 0 Å². The summed E-state index contributed by atoms with van der Waals surface area (Å²) in [5, 5.41) is 0. The van der Waals surface area contributed by atoms with Crippen LogP contribution < -0.4 is 0 Å². The van der Waals surface area contributed by atoms with Gasteiger partial charge >= 0.3 is 5.97 Å². The molecule has 0 N–H and O–H groups in total. The predicted molar refractivity (Wildman–Crippen MR) is 76.9 cm³/mol. The summed E-state index contributed by atoms with van der Waals surface area (Å²) in [6.07, 6.45) is -1.87. The molecule has 0 spiro atoms. The fourth-order valence-corrected chi connectivity index (χ4v) is 3.76. The van der Waals surface area contributed by atoms with Gasteiger partial charge in [0.05, 0.1) is 5.92 Å². The molecule has 4 rings (SSSR count). The zero-order valence-corrected chi connectivity index (χ0v) is 13.2. The van der Waals surface area contributed by atoms with E-state index in [1.807, 2.05) is 0 Å². The second-order valence-electron chi connectivity index (χ2n) is 6.84.